The third-order valence-electron chi connectivity index (χ3n) is 6.04. The van der Waals surface area contributed by atoms with E-state index in [1.165, 1.54) is 17.7 Å². The first-order valence-corrected chi connectivity index (χ1v) is 10.1. The number of ether oxygens (including phenoxy) is 1. The molecule has 0 saturated carbocycles. The van der Waals surface area contributed by atoms with Gasteiger partial charge in [-0.05, 0) is 67.1 Å². The van der Waals surface area contributed by atoms with Gasteiger partial charge in [-0.3, -0.25) is 9.69 Å². The SMILES string of the molecule is COc1ccc(C2CCCN(C3CCN(Cc4ccc(F)cc4)C3=O)C2)cc1. The van der Waals surface area contributed by atoms with Gasteiger partial charge >= 0.3 is 0 Å². The number of nitrogens with zero attached hydrogens (tertiary/aromatic N) is 2. The van der Waals surface area contributed by atoms with E-state index in [9.17, 15) is 9.18 Å². The summed E-state index contributed by atoms with van der Waals surface area (Å²) in [4.78, 5) is 17.3. The summed E-state index contributed by atoms with van der Waals surface area (Å²) in [7, 11) is 1.68. The summed E-state index contributed by atoms with van der Waals surface area (Å²) in [5.74, 6) is 1.30. The zero-order valence-corrected chi connectivity index (χ0v) is 16.3. The molecule has 1 amide bonds. The van der Waals surface area contributed by atoms with Crippen LogP contribution in [0.4, 0.5) is 4.39 Å². The van der Waals surface area contributed by atoms with Gasteiger partial charge in [0.1, 0.15) is 11.6 Å². The van der Waals surface area contributed by atoms with Crippen molar-refractivity contribution in [1.82, 2.24) is 9.80 Å². The van der Waals surface area contributed by atoms with Gasteiger partial charge in [0.25, 0.3) is 0 Å². The van der Waals surface area contributed by atoms with Gasteiger partial charge in [-0.1, -0.05) is 24.3 Å². The van der Waals surface area contributed by atoms with E-state index in [0.717, 1.165) is 50.2 Å². The highest BCUT2D eigenvalue weighted by atomic mass is 19.1. The lowest BCUT2D eigenvalue weighted by Gasteiger charge is -2.36. The number of likely N-dealkylation sites (tertiary alicyclic amines) is 2. The second-order valence-corrected chi connectivity index (χ2v) is 7.80. The van der Waals surface area contributed by atoms with E-state index in [-0.39, 0.29) is 17.8 Å². The molecule has 2 saturated heterocycles. The minimum atomic E-state index is -0.243. The molecule has 148 valence electrons. The predicted octanol–water partition coefficient (Wildman–Crippen LogP) is 3.81. The molecule has 4 rings (SSSR count). The molecule has 2 aromatic carbocycles. The van der Waals surface area contributed by atoms with Crippen LogP contribution in [-0.4, -0.2) is 48.5 Å². The zero-order valence-electron chi connectivity index (χ0n) is 16.3. The van der Waals surface area contributed by atoms with Crippen LogP contribution >= 0.6 is 0 Å². The molecule has 0 N–H and O–H groups in total. The molecule has 2 aromatic rings. The first kappa shape index (κ1) is 18.9. The van der Waals surface area contributed by atoms with E-state index in [1.807, 2.05) is 17.0 Å². The molecule has 2 unspecified atom stereocenters. The van der Waals surface area contributed by atoms with E-state index < -0.39 is 0 Å². The molecule has 0 spiro atoms. The monoisotopic (exact) mass is 382 g/mol. The Morgan fingerprint density at radius 1 is 1.04 bits per heavy atom. The van der Waals surface area contributed by atoms with Crippen LogP contribution in [0.1, 0.15) is 36.3 Å². The summed E-state index contributed by atoms with van der Waals surface area (Å²) in [5.41, 5.74) is 2.30. The highest BCUT2D eigenvalue weighted by Crippen LogP contribution is 2.31. The molecule has 4 nitrogen and oxygen atoms in total. The number of hydrogen-bond acceptors (Lipinski definition) is 3. The average Bonchev–Trinajstić information content (AvgIpc) is 3.10. The molecule has 0 aliphatic carbocycles. The van der Waals surface area contributed by atoms with Gasteiger partial charge in [0.2, 0.25) is 5.91 Å². The van der Waals surface area contributed by atoms with Crippen molar-refractivity contribution in [2.75, 3.05) is 26.7 Å². The van der Waals surface area contributed by atoms with Crippen molar-refractivity contribution in [3.8, 4) is 5.75 Å². The number of carbonyl (C=O) groups is 1. The Morgan fingerprint density at radius 3 is 2.50 bits per heavy atom. The summed E-state index contributed by atoms with van der Waals surface area (Å²) in [6.07, 6.45) is 3.14. The van der Waals surface area contributed by atoms with Crippen LogP contribution in [0.5, 0.6) is 5.75 Å². The fourth-order valence-corrected chi connectivity index (χ4v) is 4.47. The van der Waals surface area contributed by atoms with Crippen LogP contribution in [-0.2, 0) is 11.3 Å². The van der Waals surface area contributed by atoms with Gasteiger partial charge in [-0.15, -0.1) is 0 Å². The Hall–Kier alpha value is -2.40. The fraction of sp³-hybridized carbons (Fsp3) is 0.435. The topological polar surface area (TPSA) is 32.8 Å². The van der Waals surface area contributed by atoms with E-state index in [2.05, 4.69) is 17.0 Å². The zero-order chi connectivity index (χ0) is 19.5. The molecule has 0 aromatic heterocycles. The maximum atomic E-state index is 13.1. The molecule has 5 heteroatoms. The molecule has 2 fully saturated rings. The van der Waals surface area contributed by atoms with Crippen molar-refractivity contribution in [3.63, 3.8) is 0 Å². The Kier molecular flexibility index (Phi) is 5.62. The molecule has 2 atom stereocenters. The fourth-order valence-electron chi connectivity index (χ4n) is 4.47. The standard InChI is InChI=1S/C23H27FN2O2/c1-28-21-10-6-18(7-11-21)19-3-2-13-25(16-19)22-12-14-26(23(22)27)15-17-4-8-20(24)9-5-17/h4-11,19,22H,2-3,12-16H2,1H3. The Labute approximate surface area is 165 Å². The van der Waals surface area contributed by atoms with Crippen LogP contribution in [0.3, 0.4) is 0 Å². The van der Waals surface area contributed by atoms with Crippen molar-refractivity contribution in [2.45, 2.75) is 37.8 Å². The van der Waals surface area contributed by atoms with Crippen molar-refractivity contribution in [1.29, 1.82) is 0 Å². The van der Waals surface area contributed by atoms with Crippen molar-refractivity contribution in [2.24, 2.45) is 0 Å². The number of hydrogen-bond donors (Lipinski definition) is 0. The van der Waals surface area contributed by atoms with Gasteiger partial charge in [0, 0.05) is 19.6 Å². The van der Waals surface area contributed by atoms with E-state index in [1.54, 1.807) is 19.2 Å². The third kappa shape index (κ3) is 4.04. The molecule has 0 radical (unpaired) electrons. The van der Waals surface area contributed by atoms with Crippen LogP contribution in [0.15, 0.2) is 48.5 Å². The van der Waals surface area contributed by atoms with Gasteiger partial charge in [-0.2, -0.15) is 0 Å². The smallest absolute Gasteiger partial charge is 0.240 e. The van der Waals surface area contributed by atoms with Gasteiger partial charge in [0.05, 0.1) is 13.2 Å². The van der Waals surface area contributed by atoms with Gasteiger partial charge in [-0.25, -0.2) is 4.39 Å². The molecule has 0 bridgehead atoms. The lowest BCUT2D eigenvalue weighted by atomic mass is 9.89. The van der Waals surface area contributed by atoms with Crippen LogP contribution in [0.25, 0.3) is 0 Å². The lowest BCUT2D eigenvalue weighted by molar-refractivity contribution is -0.133. The third-order valence-corrected chi connectivity index (χ3v) is 6.04. The minimum absolute atomic E-state index is 0.0264. The Bertz CT molecular complexity index is 806. The van der Waals surface area contributed by atoms with E-state index >= 15 is 0 Å². The minimum Gasteiger partial charge on any atom is -0.497 e. The average molecular weight is 382 g/mol. The Morgan fingerprint density at radius 2 is 1.79 bits per heavy atom. The summed E-state index contributed by atoms with van der Waals surface area (Å²) < 4.78 is 18.4. The second-order valence-electron chi connectivity index (χ2n) is 7.80. The van der Waals surface area contributed by atoms with E-state index in [0.29, 0.717) is 12.5 Å². The summed E-state index contributed by atoms with van der Waals surface area (Å²) in [6, 6.07) is 14.7. The van der Waals surface area contributed by atoms with Crippen molar-refractivity contribution in [3.05, 3.63) is 65.5 Å². The molecule has 2 heterocycles. The highest BCUT2D eigenvalue weighted by molar-refractivity contribution is 5.84. The predicted molar refractivity (Wildman–Crippen MR) is 107 cm³/mol. The normalized spacial score (nSPS) is 23.2. The first-order chi connectivity index (χ1) is 13.6. The summed E-state index contributed by atoms with van der Waals surface area (Å²) >= 11 is 0. The summed E-state index contributed by atoms with van der Waals surface area (Å²) in [6.45, 7) is 3.23. The van der Waals surface area contributed by atoms with Crippen LogP contribution in [0.2, 0.25) is 0 Å². The molecule has 2 aliphatic heterocycles. The van der Waals surface area contributed by atoms with E-state index in [4.69, 9.17) is 4.74 Å². The quantitative estimate of drug-likeness (QED) is 0.788. The second kappa shape index (κ2) is 8.31. The van der Waals surface area contributed by atoms with Crippen LogP contribution < -0.4 is 4.74 Å². The number of halogens is 1. The maximum Gasteiger partial charge on any atom is 0.240 e. The number of amides is 1. The number of rotatable bonds is 5. The number of carbonyl (C=O) groups excluding carboxylic acids is 1. The highest BCUT2D eigenvalue weighted by Gasteiger charge is 2.37. The molecular formula is C23H27FN2O2. The molecule has 2 aliphatic rings. The van der Waals surface area contributed by atoms with Crippen molar-refractivity contribution < 1.29 is 13.9 Å². The maximum absolute atomic E-state index is 13.1. The van der Waals surface area contributed by atoms with Crippen LogP contribution in [0, 0.1) is 5.82 Å². The molecular weight excluding hydrogens is 355 g/mol. The van der Waals surface area contributed by atoms with Gasteiger partial charge < -0.3 is 9.64 Å². The number of piperidine rings is 1. The van der Waals surface area contributed by atoms with Gasteiger partial charge in [0.15, 0.2) is 0 Å². The Balaban J connectivity index is 1.39. The number of methoxy groups -OCH3 is 1. The van der Waals surface area contributed by atoms with Crippen molar-refractivity contribution >= 4 is 5.91 Å². The number of benzene rings is 2. The largest absolute Gasteiger partial charge is 0.497 e. The molecule has 28 heavy (non-hydrogen) atoms. The first-order valence-electron chi connectivity index (χ1n) is 10.1. The summed E-state index contributed by atoms with van der Waals surface area (Å²) in [5, 5.41) is 0. The lowest BCUT2D eigenvalue weighted by Crippen LogP contribution is -2.46.